The van der Waals surface area contributed by atoms with Crippen LogP contribution in [0.3, 0.4) is 0 Å². The van der Waals surface area contributed by atoms with Gasteiger partial charge in [0.05, 0.1) is 7.11 Å². The largest absolute Gasteiger partial charge is 0.493 e. The zero-order valence-corrected chi connectivity index (χ0v) is 14.1. The van der Waals surface area contributed by atoms with Gasteiger partial charge in [-0.1, -0.05) is 30.3 Å². The highest BCUT2D eigenvalue weighted by Gasteiger charge is 2.22. The molecule has 4 heteroatoms. The highest BCUT2D eigenvalue weighted by atomic mass is 16.5. The van der Waals surface area contributed by atoms with Gasteiger partial charge in [-0.15, -0.1) is 0 Å². The van der Waals surface area contributed by atoms with Crippen LogP contribution < -0.4 is 14.8 Å². The fourth-order valence-electron chi connectivity index (χ4n) is 3.51. The molecule has 2 heterocycles. The molecule has 0 aliphatic carbocycles. The quantitative estimate of drug-likeness (QED) is 0.801. The molecular formula is C20H22N2O2. The standard InChI is InChI=1S/C20H22N2O2/c1-22-12-15(17-7-3-4-8-18(17)22)11-21-16-10-14-6-5-9-19(23-2)20(14)24-13-16/h3-9,12,16,21H,10-11,13H2,1-2H3/t16-/m0/s1. The predicted molar refractivity (Wildman–Crippen MR) is 95.7 cm³/mol. The Kier molecular flexibility index (Phi) is 3.90. The topological polar surface area (TPSA) is 35.4 Å². The summed E-state index contributed by atoms with van der Waals surface area (Å²) in [7, 11) is 3.78. The van der Waals surface area contributed by atoms with Crippen LogP contribution in [0.1, 0.15) is 11.1 Å². The van der Waals surface area contributed by atoms with Crippen LogP contribution in [0.2, 0.25) is 0 Å². The molecule has 0 saturated carbocycles. The summed E-state index contributed by atoms with van der Waals surface area (Å²) in [5.41, 5.74) is 3.80. The summed E-state index contributed by atoms with van der Waals surface area (Å²) in [5.74, 6) is 1.71. The van der Waals surface area contributed by atoms with Gasteiger partial charge >= 0.3 is 0 Å². The van der Waals surface area contributed by atoms with Crippen molar-refractivity contribution in [1.29, 1.82) is 0 Å². The maximum Gasteiger partial charge on any atom is 0.164 e. The van der Waals surface area contributed by atoms with Crippen molar-refractivity contribution in [3.8, 4) is 11.5 Å². The Bertz CT molecular complexity index is 869. The Morgan fingerprint density at radius 3 is 2.96 bits per heavy atom. The second kappa shape index (κ2) is 6.21. The second-order valence-corrected chi connectivity index (χ2v) is 6.32. The fourth-order valence-corrected chi connectivity index (χ4v) is 3.51. The number of fused-ring (bicyclic) bond motifs is 2. The lowest BCUT2D eigenvalue weighted by molar-refractivity contribution is 0.227. The fraction of sp³-hybridized carbons (Fsp3) is 0.300. The van der Waals surface area contributed by atoms with E-state index in [2.05, 4.69) is 53.5 Å². The number of ether oxygens (including phenoxy) is 2. The van der Waals surface area contributed by atoms with Crippen LogP contribution in [0.15, 0.2) is 48.7 Å². The molecule has 1 aliphatic heterocycles. The van der Waals surface area contributed by atoms with Crippen molar-refractivity contribution in [3.63, 3.8) is 0 Å². The van der Waals surface area contributed by atoms with Crippen molar-refractivity contribution in [1.82, 2.24) is 9.88 Å². The van der Waals surface area contributed by atoms with Crippen LogP contribution in [0.25, 0.3) is 10.9 Å². The average Bonchev–Trinajstić information content (AvgIpc) is 2.95. The van der Waals surface area contributed by atoms with Gasteiger partial charge in [-0.05, 0) is 29.7 Å². The Labute approximate surface area is 142 Å². The summed E-state index contributed by atoms with van der Waals surface area (Å²) in [5, 5.41) is 4.95. The molecule has 2 aromatic carbocycles. The number of rotatable bonds is 4. The van der Waals surface area contributed by atoms with Crippen LogP contribution >= 0.6 is 0 Å². The number of aromatic nitrogens is 1. The molecule has 1 atom stereocenters. The van der Waals surface area contributed by atoms with Crippen LogP contribution in [0, 0.1) is 0 Å². The molecule has 0 fully saturated rings. The minimum Gasteiger partial charge on any atom is -0.493 e. The van der Waals surface area contributed by atoms with Gasteiger partial charge in [0.15, 0.2) is 11.5 Å². The minimum atomic E-state index is 0.309. The van der Waals surface area contributed by atoms with E-state index < -0.39 is 0 Å². The third-order valence-electron chi connectivity index (χ3n) is 4.74. The Morgan fingerprint density at radius 2 is 2.08 bits per heavy atom. The first kappa shape index (κ1) is 15.1. The van der Waals surface area contributed by atoms with Crippen LogP contribution in [0.4, 0.5) is 0 Å². The molecule has 1 aromatic heterocycles. The molecular weight excluding hydrogens is 300 g/mol. The first-order chi connectivity index (χ1) is 11.8. The van der Waals surface area contributed by atoms with E-state index in [1.54, 1.807) is 7.11 Å². The lowest BCUT2D eigenvalue weighted by Gasteiger charge is -2.27. The zero-order valence-electron chi connectivity index (χ0n) is 14.1. The Hall–Kier alpha value is -2.46. The first-order valence-electron chi connectivity index (χ1n) is 8.31. The van der Waals surface area contributed by atoms with Crippen LogP contribution in [0.5, 0.6) is 11.5 Å². The second-order valence-electron chi connectivity index (χ2n) is 6.32. The van der Waals surface area contributed by atoms with Crippen molar-refractivity contribution in [2.75, 3.05) is 13.7 Å². The number of aryl methyl sites for hydroxylation is 1. The van der Waals surface area contributed by atoms with E-state index in [-0.39, 0.29) is 0 Å². The van der Waals surface area contributed by atoms with E-state index in [9.17, 15) is 0 Å². The minimum absolute atomic E-state index is 0.309. The van der Waals surface area contributed by atoms with Gasteiger partial charge < -0.3 is 19.4 Å². The highest BCUT2D eigenvalue weighted by Crippen LogP contribution is 2.34. The number of nitrogens with one attached hydrogen (secondary N) is 1. The van der Waals surface area contributed by atoms with Gasteiger partial charge in [-0.2, -0.15) is 0 Å². The number of hydrogen-bond acceptors (Lipinski definition) is 3. The van der Waals surface area contributed by atoms with E-state index in [1.165, 1.54) is 22.0 Å². The molecule has 4 rings (SSSR count). The predicted octanol–water partition coefficient (Wildman–Crippen LogP) is 3.28. The number of hydrogen-bond donors (Lipinski definition) is 1. The van der Waals surface area contributed by atoms with E-state index in [0.29, 0.717) is 12.6 Å². The van der Waals surface area contributed by atoms with Crippen molar-refractivity contribution in [2.45, 2.75) is 19.0 Å². The molecule has 0 spiro atoms. The maximum absolute atomic E-state index is 5.95. The molecule has 0 saturated heterocycles. The summed E-state index contributed by atoms with van der Waals surface area (Å²) in [4.78, 5) is 0. The summed E-state index contributed by atoms with van der Waals surface area (Å²) in [6.07, 6.45) is 3.16. The SMILES string of the molecule is COc1cccc2c1OC[C@@H](NCc1cn(C)c3ccccc13)C2. The summed E-state index contributed by atoms with van der Waals surface area (Å²) < 4.78 is 13.5. The number of benzene rings is 2. The lowest BCUT2D eigenvalue weighted by Crippen LogP contribution is -2.38. The monoisotopic (exact) mass is 322 g/mol. The van der Waals surface area contributed by atoms with E-state index in [4.69, 9.17) is 9.47 Å². The highest BCUT2D eigenvalue weighted by molar-refractivity contribution is 5.83. The van der Waals surface area contributed by atoms with E-state index in [1.807, 2.05) is 12.1 Å². The summed E-state index contributed by atoms with van der Waals surface area (Å²) in [6, 6.07) is 14.9. The first-order valence-corrected chi connectivity index (χ1v) is 8.31. The van der Waals surface area contributed by atoms with Crippen molar-refractivity contribution < 1.29 is 9.47 Å². The summed E-state index contributed by atoms with van der Waals surface area (Å²) >= 11 is 0. The average molecular weight is 322 g/mol. The third kappa shape index (κ3) is 2.63. The van der Waals surface area contributed by atoms with Gasteiger partial charge in [0, 0.05) is 36.7 Å². The van der Waals surface area contributed by atoms with Crippen molar-refractivity contribution in [2.24, 2.45) is 7.05 Å². The molecule has 0 amide bonds. The molecule has 0 unspecified atom stereocenters. The molecule has 3 aromatic rings. The van der Waals surface area contributed by atoms with Gasteiger partial charge in [-0.25, -0.2) is 0 Å². The van der Waals surface area contributed by atoms with E-state index >= 15 is 0 Å². The van der Waals surface area contributed by atoms with E-state index in [0.717, 1.165) is 24.5 Å². The van der Waals surface area contributed by atoms with Gasteiger partial charge in [-0.3, -0.25) is 0 Å². The van der Waals surface area contributed by atoms with Crippen molar-refractivity contribution in [3.05, 3.63) is 59.8 Å². The number of methoxy groups -OCH3 is 1. The number of para-hydroxylation sites is 2. The molecule has 124 valence electrons. The zero-order chi connectivity index (χ0) is 16.5. The molecule has 1 N–H and O–H groups in total. The van der Waals surface area contributed by atoms with Crippen LogP contribution in [-0.2, 0) is 20.0 Å². The normalized spacial score (nSPS) is 16.7. The van der Waals surface area contributed by atoms with Crippen LogP contribution in [-0.4, -0.2) is 24.3 Å². The van der Waals surface area contributed by atoms with Gasteiger partial charge in [0.1, 0.15) is 6.61 Å². The van der Waals surface area contributed by atoms with Gasteiger partial charge in [0.25, 0.3) is 0 Å². The Balaban J connectivity index is 1.49. The molecule has 0 radical (unpaired) electrons. The number of nitrogens with zero attached hydrogens (tertiary/aromatic N) is 1. The lowest BCUT2D eigenvalue weighted by atomic mass is 10.0. The van der Waals surface area contributed by atoms with Gasteiger partial charge in [0.2, 0.25) is 0 Å². The molecule has 1 aliphatic rings. The Morgan fingerprint density at radius 1 is 1.21 bits per heavy atom. The third-order valence-corrected chi connectivity index (χ3v) is 4.74. The maximum atomic E-state index is 5.95. The molecule has 24 heavy (non-hydrogen) atoms. The smallest absolute Gasteiger partial charge is 0.164 e. The molecule has 0 bridgehead atoms. The van der Waals surface area contributed by atoms with Crippen molar-refractivity contribution >= 4 is 10.9 Å². The molecule has 4 nitrogen and oxygen atoms in total. The summed E-state index contributed by atoms with van der Waals surface area (Å²) in [6.45, 7) is 1.51.